The van der Waals surface area contributed by atoms with E-state index in [0.717, 1.165) is 4.90 Å². The maximum absolute atomic E-state index is 10.6. The van der Waals surface area contributed by atoms with E-state index in [-0.39, 0.29) is 6.42 Å². The van der Waals surface area contributed by atoms with Crippen LogP contribution in [0.1, 0.15) is 13.3 Å². The van der Waals surface area contributed by atoms with Crippen LogP contribution in [0.15, 0.2) is 0 Å². The van der Waals surface area contributed by atoms with Gasteiger partial charge in [-0.05, 0) is 6.42 Å². The summed E-state index contributed by atoms with van der Waals surface area (Å²) in [5, 5.41) is 35.7. The quantitative estimate of drug-likeness (QED) is 0.408. The third-order valence-electron chi connectivity index (χ3n) is 2.57. The minimum Gasteiger partial charge on any atom is -0.480 e. The van der Waals surface area contributed by atoms with Gasteiger partial charge in [0.25, 0.3) is 0 Å². The first-order valence-corrected chi connectivity index (χ1v) is 4.82. The fourth-order valence-electron chi connectivity index (χ4n) is 1.42. The molecule has 0 saturated heterocycles. The second kappa shape index (κ2) is 6.41. The van der Waals surface area contributed by atoms with Crippen molar-refractivity contribution in [1.29, 1.82) is 0 Å². The highest BCUT2D eigenvalue weighted by molar-refractivity contribution is 5.72. The number of nitrogens with zero attached hydrogens (tertiary/aromatic N) is 1. The van der Waals surface area contributed by atoms with Gasteiger partial charge in [0.15, 0.2) is 0 Å². The van der Waals surface area contributed by atoms with Gasteiger partial charge in [-0.15, -0.1) is 0 Å². The van der Waals surface area contributed by atoms with E-state index in [9.17, 15) is 19.8 Å². The first-order valence-electron chi connectivity index (χ1n) is 4.82. The molecule has 0 rings (SSSR count). The number of aliphatic hydroxyl groups excluding tert-OH is 2. The van der Waals surface area contributed by atoms with Crippen molar-refractivity contribution in [1.82, 2.24) is 4.90 Å². The van der Waals surface area contributed by atoms with Crippen molar-refractivity contribution in [3.63, 3.8) is 0 Å². The molecule has 0 heterocycles. The molecule has 0 saturated carbocycles. The van der Waals surface area contributed by atoms with E-state index >= 15 is 0 Å². The Morgan fingerprint density at radius 3 is 1.62 bits per heavy atom. The number of carboxylic acid groups (broad SMARTS) is 2. The molecular weight excluding hydrogens is 218 g/mol. The predicted octanol–water partition coefficient (Wildman–Crippen LogP) is -1.41. The molecule has 0 aromatic heterocycles. The van der Waals surface area contributed by atoms with Gasteiger partial charge >= 0.3 is 11.9 Å². The topological polar surface area (TPSA) is 118 Å². The highest BCUT2D eigenvalue weighted by atomic mass is 16.4. The average molecular weight is 235 g/mol. The van der Waals surface area contributed by atoms with Gasteiger partial charge in [0, 0.05) is 0 Å². The molecule has 0 fully saturated rings. The van der Waals surface area contributed by atoms with Gasteiger partial charge in [-0.2, -0.15) is 0 Å². The van der Waals surface area contributed by atoms with Crippen molar-refractivity contribution in [3.8, 4) is 0 Å². The van der Waals surface area contributed by atoms with E-state index in [1.54, 1.807) is 6.92 Å². The lowest BCUT2D eigenvalue weighted by Crippen LogP contribution is -2.57. The van der Waals surface area contributed by atoms with E-state index in [4.69, 9.17) is 10.2 Å². The molecule has 94 valence electrons. The summed E-state index contributed by atoms with van der Waals surface area (Å²) in [5.41, 5.74) is -1.21. The molecule has 0 spiro atoms. The predicted molar refractivity (Wildman–Crippen MR) is 54.0 cm³/mol. The highest BCUT2D eigenvalue weighted by Crippen LogP contribution is 2.18. The van der Waals surface area contributed by atoms with Crippen molar-refractivity contribution >= 4 is 11.9 Å². The van der Waals surface area contributed by atoms with Crippen LogP contribution >= 0.6 is 0 Å². The molecule has 4 N–H and O–H groups in total. The zero-order chi connectivity index (χ0) is 12.8. The number of aliphatic hydroxyl groups is 2. The van der Waals surface area contributed by atoms with Crippen molar-refractivity contribution in [3.05, 3.63) is 0 Å². The Labute approximate surface area is 92.9 Å². The van der Waals surface area contributed by atoms with Crippen LogP contribution in [0.3, 0.4) is 0 Å². The summed E-state index contributed by atoms with van der Waals surface area (Å²) in [6, 6.07) is 0. The summed E-state index contributed by atoms with van der Waals surface area (Å²) >= 11 is 0. The molecule has 0 atom stereocenters. The molecule has 0 amide bonds. The van der Waals surface area contributed by atoms with E-state index in [1.165, 1.54) is 0 Å². The third-order valence-corrected chi connectivity index (χ3v) is 2.57. The molecule has 0 aliphatic rings. The Morgan fingerprint density at radius 1 is 1.06 bits per heavy atom. The van der Waals surface area contributed by atoms with Crippen LogP contribution in [-0.4, -0.2) is 69.1 Å². The molecule has 7 heteroatoms. The zero-order valence-electron chi connectivity index (χ0n) is 9.09. The van der Waals surface area contributed by atoms with Gasteiger partial charge in [-0.3, -0.25) is 14.5 Å². The van der Waals surface area contributed by atoms with E-state index in [0.29, 0.717) is 0 Å². The molecule has 7 nitrogen and oxygen atoms in total. The van der Waals surface area contributed by atoms with E-state index in [1.807, 2.05) is 0 Å². The van der Waals surface area contributed by atoms with Gasteiger partial charge < -0.3 is 20.4 Å². The largest absolute Gasteiger partial charge is 0.480 e. The molecule has 0 aliphatic heterocycles. The molecule has 0 radical (unpaired) electrons. The summed E-state index contributed by atoms with van der Waals surface area (Å²) in [5.74, 6) is -2.41. The van der Waals surface area contributed by atoms with Crippen molar-refractivity contribution in [2.75, 3.05) is 26.3 Å². The van der Waals surface area contributed by atoms with Gasteiger partial charge in [-0.1, -0.05) is 6.92 Å². The van der Waals surface area contributed by atoms with Gasteiger partial charge in [0.05, 0.1) is 31.8 Å². The maximum Gasteiger partial charge on any atom is 0.317 e. The number of hydrogen-bond acceptors (Lipinski definition) is 5. The lowest BCUT2D eigenvalue weighted by Gasteiger charge is -2.39. The van der Waals surface area contributed by atoms with Crippen LogP contribution in [0.2, 0.25) is 0 Å². The second-order valence-corrected chi connectivity index (χ2v) is 3.54. The standard InChI is InChI=1S/C9H17NO6/c1-2-9(5-11,6-12)10(3-7(13)14)4-8(15)16/h11-12H,2-6H2,1H3,(H,13,14)(H,15,16). The second-order valence-electron chi connectivity index (χ2n) is 3.54. The van der Waals surface area contributed by atoms with Crippen LogP contribution in [0.4, 0.5) is 0 Å². The fraction of sp³-hybridized carbons (Fsp3) is 0.778. The van der Waals surface area contributed by atoms with E-state index < -0.39 is 43.8 Å². The molecule has 16 heavy (non-hydrogen) atoms. The third kappa shape index (κ3) is 3.76. The van der Waals surface area contributed by atoms with Crippen LogP contribution in [0.5, 0.6) is 0 Å². The Bertz CT molecular complexity index is 226. The average Bonchev–Trinajstić information content (AvgIpc) is 2.19. The van der Waals surface area contributed by atoms with Gasteiger partial charge in [0.1, 0.15) is 0 Å². The minimum absolute atomic E-state index is 0.251. The fourth-order valence-corrected chi connectivity index (χ4v) is 1.42. The Kier molecular flexibility index (Phi) is 5.94. The minimum atomic E-state index is -1.21. The number of carbonyl (C=O) groups is 2. The van der Waals surface area contributed by atoms with Crippen molar-refractivity contribution in [2.45, 2.75) is 18.9 Å². The smallest absolute Gasteiger partial charge is 0.317 e. The molecule has 0 unspecified atom stereocenters. The zero-order valence-corrected chi connectivity index (χ0v) is 9.09. The molecule has 0 bridgehead atoms. The highest BCUT2D eigenvalue weighted by Gasteiger charge is 2.36. The van der Waals surface area contributed by atoms with Crippen LogP contribution < -0.4 is 0 Å². The number of aliphatic carboxylic acids is 2. The number of carboxylic acids is 2. The SMILES string of the molecule is CCC(CO)(CO)N(CC(=O)O)CC(=O)O. The number of rotatable bonds is 8. The molecule has 0 aromatic rings. The first kappa shape index (κ1) is 14.8. The van der Waals surface area contributed by atoms with Gasteiger partial charge in [0.2, 0.25) is 0 Å². The van der Waals surface area contributed by atoms with E-state index in [2.05, 4.69) is 0 Å². The molecule has 0 aromatic carbocycles. The van der Waals surface area contributed by atoms with Crippen molar-refractivity contribution < 1.29 is 30.0 Å². The van der Waals surface area contributed by atoms with Crippen LogP contribution in [-0.2, 0) is 9.59 Å². The van der Waals surface area contributed by atoms with Gasteiger partial charge in [-0.25, -0.2) is 0 Å². The summed E-state index contributed by atoms with van der Waals surface area (Å²) in [4.78, 5) is 22.2. The molecular formula is C9H17NO6. The summed E-state index contributed by atoms with van der Waals surface area (Å²) in [6.07, 6.45) is 0.251. The lowest BCUT2D eigenvalue weighted by atomic mass is 9.95. The Morgan fingerprint density at radius 2 is 1.44 bits per heavy atom. The Balaban J connectivity index is 4.94. The normalized spacial score (nSPS) is 11.8. The van der Waals surface area contributed by atoms with Crippen molar-refractivity contribution in [2.24, 2.45) is 0 Å². The molecule has 0 aliphatic carbocycles. The maximum atomic E-state index is 10.6. The van der Waals surface area contributed by atoms with Crippen LogP contribution in [0.25, 0.3) is 0 Å². The summed E-state index contributed by atoms with van der Waals surface area (Å²) < 4.78 is 0. The monoisotopic (exact) mass is 235 g/mol. The number of hydrogen-bond donors (Lipinski definition) is 4. The Hall–Kier alpha value is -1.18. The first-order chi connectivity index (χ1) is 7.41. The van der Waals surface area contributed by atoms with Crippen LogP contribution in [0, 0.1) is 0 Å². The summed E-state index contributed by atoms with van der Waals surface area (Å²) in [6.45, 7) is -0.438. The summed E-state index contributed by atoms with van der Waals surface area (Å²) in [7, 11) is 0. The lowest BCUT2D eigenvalue weighted by molar-refractivity contribution is -0.147.